The van der Waals surface area contributed by atoms with Crippen molar-refractivity contribution in [3.63, 3.8) is 0 Å². The van der Waals surface area contributed by atoms with E-state index in [1.165, 1.54) is 6.42 Å². The van der Waals surface area contributed by atoms with Gasteiger partial charge in [0.15, 0.2) is 0 Å². The van der Waals surface area contributed by atoms with E-state index in [1.807, 2.05) is 40.7 Å². The zero-order valence-electron chi connectivity index (χ0n) is 13.5. The van der Waals surface area contributed by atoms with Crippen LogP contribution >= 0.6 is 11.3 Å². The van der Waals surface area contributed by atoms with Crippen molar-refractivity contribution < 1.29 is 4.79 Å². The Morgan fingerprint density at radius 3 is 3.17 bits per heavy atom. The smallest absolute Gasteiger partial charge is 0.254 e. The molecule has 4 rings (SSSR count). The van der Waals surface area contributed by atoms with Gasteiger partial charge in [-0.25, -0.2) is 4.98 Å². The number of hydrogen-bond donors (Lipinski definition) is 0. The van der Waals surface area contributed by atoms with Crippen LogP contribution in [0.1, 0.15) is 36.0 Å². The summed E-state index contributed by atoms with van der Waals surface area (Å²) >= 11 is 1.58. The van der Waals surface area contributed by atoms with Gasteiger partial charge in [0.1, 0.15) is 0 Å². The summed E-state index contributed by atoms with van der Waals surface area (Å²) in [5, 5.41) is 4.26. The van der Waals surface area contributed by atoms with E-state index in [1.54, 1.807) is 17.5 Å². The molecule has 5 nitrogen and oxygen atoms in total. The maximum Gasteiger partial charge on any atom is 0.254 e. The van der Waals surface area contributed by atoms with Crippen molar-refractivity contribution in [2.45, 2.75) is 38.3 Å². The second-order valence-corrected chi connectivity index (χ2v) is 7.13. The average molecular weight is 340 g/mol. The third-order valence-electron chi connectivity index (χ3n) is 4.72. The molecule has 1 amide bonds. The van der Waals surface area contributed by atoms with Crippen LogP contribution in [-0.4, -0.2) is 38.2 Å². The minimum Gasteiger partial charge on any atom is -0.336 e. The Morgan fingerprint density at radius 1 is 1.33 bits per heavy atom. The lowest BCUT2D eigenvalue weighted by atomic mass is 9.98. The van der Waals surface area contributed by atoms with Gasteiger partial charge < -0.3 is 4.90 Å². The first-order valence-electron chi connectivity index (χ1n) is 8.43. The van der Waals surface area contributed by atoms with Crippen LogP contribution in [0, 0.1) is 0 Å². The second-order valence-electron chi connectivity index (χ2n) is 6.24. The minimum absolute atomic E-state index is 0.149. The Morgan fingerprint density at radius 2 is 2.29 bits per heavy atom. The van der Waals surface area contributed by atoms with Gasteiger partial charge >= 0.3 is 0 Å². The molecule has 1 aliphatic rings. The Bertz CT molecular complexity index is 827. The van der Waals surface area contributed by atoms with Crippen molar-refractivity contribution in [3.8, 4) is 0 Å². The van der Waals surface area contributed by atoms with Crippen molar-refractivity contribution in [1.29, 1.82) is 0 Å². The van der Waals surface area contributed by atoms with Gasteiger partial charge in [0, 0.05) is 37.1 Å². The van der Waals surface area contributed by atoms with Crippen LogP contribution in [0.25, 0.3) is 10.2 Å². The zero-order valence-corrected chi connectivity index (χ0v) is 14.3. The van der Waals surface area contributed by atoms with Crippen LogP contribution < -0.4 is 0 Å². The fraction of sp³-hybridized carbons (Fsp3) is 0.389. The van der Waals surface area contributed by atoms with Crippen LogP contribution in [0.15, 0.2) is 42.2 Å². The van der Waals surface area contributed by atoms with Crippen molar-refractivity contribution >= 4 is 27.5 Å². The molecule has 3 heterocycles. The van der Waals surface area contributed by atoms with Crippen molar-refractivity contribution in [2.75, 3.05) is 6.54 Å². The van der Waals surface area contributed by atoms with Crippen LogP contribution in [0.2, 0.25) is 0 Å². The number of aryl methyl sites for hydroxylation is 1. The van der Waals surface area contributed by atoms with E-state index in [9.17, 15) is 4.79 Å². The molecule has 0 spiro atoms. The summed E-state index contributed by atoms with van der Waals surface area (Å²) in [6, 6.07) is 8.07. The molecule has 1 saturated heterocycles. The van der Waals surface area contributed by atoms with Crippen LogP contribution in [0.3, 0.4) is 0 Å². The summed E-state index contributed by atoms with van der Waals surface area (Å²) in [5.74, 6) is 0.149. The molecule has 0 saturated carbocycles. The summed E-state index contributed by atoms with van der Waals surface area (Å²) in [4.78, 5) is 19.4. The highest BCUT2D eigenvalue weighted by Crippen LogP contribution is 2.25. The summed E-state index contributed by atoms with van der Waals surface area (Å²) in [6.45, 7) is 1.71. The number of nitrogens with zero attached hydrogens (tertiary/aromatic N) is 4. The van der Waals surface area contributed by atoms with E-state index in [0.29, 0.717) is 6.04 Å². The molecular formula is C18H20N4OS. The lowest BCUT2D eigenvalue weighted by Crippen LogP contribution is -2.44. The molecule has 24 heavy (non-hydrogen) atoms. The molecule has 6 heteroatoms. The van der Waals surface area contributed by atoms with E-state index in [0.717, 1.165) is 48.1 Å². The molecule has 0 N–H and O–H groups in total. The molecule has 3 aromatic rings. The van der Waals surface area contributed by atoms with E-state index in [2.05, 4.69) is 15.0 Å². The average Bonchev–Trinajstić information content (AvgIpc) is 3.30. The highest BCUT2D eigenvalue weighted by atomic mass is 32.1. The largest absolute Gasteiger partial charge is 0.336 e. The fourth-order valence-electron chi connectivity index (χ4n) is 3.44. The predicted molar refractivity (Wildman–Crippen MR) is 95.1 cm³/mol. The number of carbonyl (C=O) groups excluding carboxylic acids is 1. The van der Waals surface area contributed by atoms with E-state index in [4.69, 9.17) is 0 Å². The first kappa shape index (κ1) is 15.3. The maximum atomic E-state index is 13.0. The highest BCUT2D eigenvalue weighted by Gasteiger charge is 2.27. The molecule has 124 valence electrons. The van der Waals surface area contributed by atoms with Gasteiger partial charge in [-0.05, 0) is 49.9 Å². The number of rotatable bonds is 4. The lowest BCUT2D eigenvalue weighted by molar-refractivity contribution is 0.0594. The third-order valence-corrected chi connectivity index (χ3v) is 5.51. The summed E-state index contributed by atoms with van der Waals surface area (Å²) in [7, 11) is 0. The van der Waals surface area contributed by atoms with Crippen molar-refractivity contribution in [2.24, 2.45) is 0 Å². The van der Waals surface area contributed by atoms with Gasteiger partial charge in [-0.15, -0.1) is 11.3 Å². The quantitative estimate of drug-likeness (QED) is 0.729. The van der Waals surface area contributed by atoms with Crippen molar-refractivity contribution in [1.82, 2.24) is 19.7 Å². The first-order valence-corrected chi connectivity index (χ1v) is 9.31. The maximum absolute atomic E-state index is 13.0. The molecule has 1 atom stereocenters. The van der Waals surface area contributed by atoms with Crippen LogP contribution in [0.4, 0.5) is 0 Å². The van der Waals surface area contributed by atoms with Gasteiger partial charge in [-0.2, -0.15) is 5.10 Å². The number of amides is 1. The van der Waals surface area contributed by atoms with E-state index < -0.39 is 0 Å². The number of carbonyl (C=O) groups is 1. The predicted octanol–water partition coefficient (Wildman–Crippen LogP) is 3.58. The summed E-state index contributed by atoms with van der Waals surface area (Å²) in [5.41, 5.74) is 3.57. The first-order chi connectivity index (χ1) is 11.8. The normalized spacial score (nSPS) is 18.2. The van der Waals surface area contributed by atoms with Gasteiger partial charge in [0.25, 0.3) is 5.91 Å². The number of fused-ring (bicyclic) bond motifs is 1. The monoisotopic (exact) mass is 340 g/mol. The van der Waals surface area contributed by atoms with Crippen LogP contribution in [0.5, 0.6) is 0 Å². The Labute approximate surface area is 144 Å². The zero-order chi connectivity index (χ0) is 16.4. The molecule has 0 radical (unpaired) electrons. The highest BCUT2D eigenvalue weighted by molar-refractivity contribution is 7.16. The Kier molecular flexibility index (Phi) is 4.30. The molecular weight excluding hydrogens is 320 g/mol. The van der Waals surface area contributed by atoms with Gasteiger partial charge in [-0.3, -0.25) is 9.48 Å². The number of benzene rings is 1. The third kappa shape index (κ3) is 3.06. The molecule has 0 bridgehead atoms. The van der Waals surface area contributed by atoms with Crippen molar-refractivity contribution in [3.05, 3.63) is 47.7 Å². The van der Waals surface area contributed by atoms with Gasteiger partial charge in [0.2, 0.25) is 0 Å². The summed E-state index contributed by atoms with van der Waals surface area (Å²) in [6.07, 6.45) is 8.10. The topological polar surface area (TPSA) is 51.0 Å². The standard InChI is InChI=1S/C18H20N4OS/c23-18(14-5-6-16-17(12-14)24-13-19-16)22-10-2-1-4-15(22)7-11-21-9-3-8-20-21/h3,5-6,8-9,12-13,15H,1-2,4,7,10-11H2/t15-/m1/s1. The molecule has 2 aromatic heterocycles. The Hall–Kier alpha value is -2.21. The number of hydrogen-bond acceptors (Lipinski definition) is 4. The molecule has 1 fully saturated rings. The molecule has 0 aliphatic carbocycles. The van der Waals surface area contributed by atoms with E-state index in [-0.39, 0.29) is 5.91 Å². The summed E-state index contributed by atoms with van der Waals surface area (Å²) < 4.78 is 3.02. The second kappa shape index (κ2) is 6.73. The van der Waals surface area contributed by atoms with Crippen LogP contribution in [-0.2, 0) is 6.54 Å². The number of piperidine rings is 1. The number of thiazole rings is 1. The van der Waals surface area contributed by atoms with E-state index >= 15 is 0 Å². The van der Waals surface area contributed by atoms with Gasteiger partial charge in [0.05, 0.1) is 15.7 Å². The Balaban J connectivity index is 1.51. The fourth-order valence-corrected chi connectivity index (χ4v) is 4.15. The SMILES string of the molecule is O=C(c1ccc2ncsc2c1)N1CCCC[C@@H]1CCn1cccn1. The number of likely N-dealkylation sites (tertiary alicyclic amines) is 1. The molecule has 1 aliphatic heterocycles. The minimum atomic E-state index is 0.149. The lowest BCUT2D eigenvalue weighted by Gasteiger charge is -2.36. The molecule has 1 aromatic carbocycles. The van der Waals surface area contributed by atoms with Gasteiger partial charge in [-0.1, -0.05) is 0 Å². The molecule has 0 unspecified atom stereocenters. The number of aromatic nitrogens is 3.